The number of alkyl carbamates (subject to hydrolysis) is 1. The van der Waals surface area contributed by atoms with Crippen molar-refractivity contribution < 1.29 is 14.7 Å². The van der Waals surface area contributed by atoms with Gasteiger partial charge >= 0.3 is 6.09 Å². The smallest absolute Gasteiger partial charge is 0.408 e. The van der Waals surface area contributed by atoms with Crippen molar-refractivity contribution in [3.05, 3.63) is 35.4 Å². The van der Waals surface area contributed by atoms with Crippen LogP contribution in [0.1, 0.15) is 44.9 Å². The molecule has 0 aliphatic heterocycles. The normalized spacial score (nSPS) is 13.3. The van der Waals surface area contributed by atoms with Gasteiger partial charge in [-0.1, -0.05) is 23.4 Å². The van der Waals surface area contributed by atoms with E-state index in [0.29, 0.717) is 0 Å². The molecule has 1 atom stereocenters. The first-order valence-electron chi connectivity index (χ1n) is 6.09. The van der Waals surface area contributed by atoms with Crippen molar-refractivity contribution in [2.75, 3.05) is 0 Å². The Kier molecular flexibility index (Phi) is 4.92. The van der Waals surface area contributed by atoms with Gasteiger partial charge in [0.1, 0.15) is 5.60 Å². The SMILES string of the molecule is C[C@H](NC(=O)OC(C)(C)C)c1cccc(/C=N/O)c1. The molecule has 19 heavy (non-hydrogen) atoms. The number of benzene rings is 1. The monoisotopic (exact) mass is 264 g/mol. The van der Waals surface area contributed by atoms with Crippen molar-refractivity contribution in [2.45, 2.75) is 39.3 Å². The van der Waals surface area contributed by atoms with Gasteiger partial charge in [0.05, 0.1) is 12.3 Å². The first-order valence-corrected chi connectivity index (χ1v) is 6.09. The van der Waals surface area contributed by atoms with E-state index in [1.165, 1.54) is 6.21 Å². The van der Waals surface area contributed by atoms with Gasteiger partial charge in [0.15, 0.2) is 0 Å². The minimum absolute atomic E-state index is 0.193. The molecule has 0 fully saturated rings. The Morgan fingerprint density at radius 1 is 1.47 bits per heavy atom. The minimum Gasteiger partial charge on any atom is -0.444 e. The molecule has 0 bridgehead atoms. The molecular weight excluding hydrogens is 244 g/mol. The van der Waals surface area contributed by atoms with E-state index in [9.17, 15) is 4.79 Å². The Bertz CT molecular complexity index is 464. The number of carbonyl (C=O) groups is 1. The third-order valence-corrected chi connectivity index (χ3v) is 2.35. The van der Waals surface area contributed by atoms with Gasteiger partial charge in [0.2, 0.25) is 0 Å². The van der Waals surface area contributed by atoms with Gasteiger partial charge in [0, 0.05) is 0 Å². The van der Waals surface area contributed by atoms with Crippen LogP contribution in [0.2, 0.25) is 0 Å². The van der Waals surface area contributed by atoms with Gasteiger partial charge < -0.3 is 15.3 Å². The topological polar surface area (TPSA) is 70.9 Å². The first kappa shape index (κ1) is 15.0. The molecule has 0 saturated heterocycles. The fourth-order valence-electron chi connectivity index (χ4n) is 1.54. The molecule has 2 N–H and O–H groups in total. The summed E-state index contributed by atoms with van der Waals surface area (Å²) >= 11 is 0. The lowest BCUT2D eigenvalue weighted by Crippen LogP contribution is -2.34. The number of carbonyl (C=O) groups excluding carboxylic acids is 1. The van der Waals surface area contributed by atoms with Crippen LogP contribution >= 0.6 is 0 Å². The molecule has 1 amide bonds. The maximum atomic E-state index is 11.7. The molecule has 0 aliphatic rings. The van der Waals surface area contributed by atoms with E-state index in [4.69, 9.17) is 9.94 Å². The molecule has 0 unspecified atom stereocenters. The number of hydrogen-bond donors (Lipinski definition) is 2. The summed E-state index contributed by atoms with van der Waals surface area (Å²) in [6.07, 6.45) is 0.880. The Balaban J connectivity index is 2.70. The second-order valence-corrected chi connectivity index (χ2v) is 5.28. The van der Waals surface area contributed by atoms with Crippen molar-refractivity contribution in [3.8, 4) is 0 Å². The summed E-state index contributed by atoms with van der Waals surface area (Å²) in [6.45, 7) is 7.31. The molecule has 5 nitrogen and oxygen atoms in total. The minimum atomic E-state index is -0.519. The predicted molar refractivity (Wildman–Crippen MR) is 73.6 cm³/mol. The van der Waals surface area contributed by atoms with Gasteiger partial charge in [-0.05, 0) is 44.9 Å². The lowest BCUT2D eigenvalue weighted by atomic mass is 10.1. The molecule has 0 spiro atoms. The van der Waals surface area contributed by atoms with Gasteiger partial charge in [-0.2, -0.15) is 0 Å². The third-order valence-electron chi connectivity index (χ3n) is 2.35. The largest absolute Gasteiger partial charge is 0.444 e. The van der Waals surface area contributed by atoms with Crippen LogP contribution in [-0.2, 0) is 4.74 Å². The maximum Gasteiger partial charge on any atom is 0.408 e. The Hall–Kier alpha value is -2.04. The molecule has 1 aromatic carbocycles. The van der Waals surface area contributed by atoms with Crippen LogP contribution < -0.4 is 5.32 Å². The lowest BCUT2D eigenvalue weighted by Gasteiger charge is -2.22. The number of hydrogen-bond acceptors (Lipinski definition) is 4. The number of rotatable bonds is 3. The van der Waals surface area contributed by atoms with E-state index in [-0.39, 0.29) is 6.04 Å². The number of nitrogens with zero attached hydrogens (tertiary/aromatic N) is 1. The summed E-state index contributed by atoms with van der Waals surface area (Å²) in [5.74, 6) is 0. The van der Waals surface area contributed by atoms with Gasteiger partial charge in [-0.15, -0.1) is 0 Å². The Morgan fingerprint density at radius 2 is 2.16 bits per heavy atom. The number of amides is 1. The van der Waals surface area contributed by atoms with Crippen LogP contribution in [0.15, 0.2) is 29.4 Å². The van der Waals surface area contributed by atoms with Crippen LogP contribution in [0.5, 0.6) is 0 Å². The first-order chi connectivity index (χ1) is 8.81. The van der Waals surface area contributed by atoms with Crippen LogP contribution in [0.4, 0.5) is 4.79 Å². The zero-order valence-electron chi connectivity index (χ0n) is 11.7. The highest BCUT2D eigenvalue weighted by Gasteiger charge is 2.18. The van der Waals surface area contributed by atoms with Gasteiger partial charge in [-0.3, -0.25) is 0 Å². The molecule has 0 saturated carbocycles. The Labute approximate surface area is 113 Å². The second kappa shape index (κ2) is 6.22. The number of ether oxygens (including phenoxy) is 1. The average Bonchev–Trinajstić information content (AvgIpc) is 2.27. The molecule has 0 radical (unpaired) electrons. The van der Waals surface area contributed by atoms with E-state index >= 15 is 0 Å². The average molecular weight is 264 g/mol. The van der Waals surface area contributed by atoms with Crippen molar-refractivity contribution in [2.24, 2.45) is 5.16 Å². The molecule has 1 rings (SSSR count). The van der Waals surface area contributed by atoms with Crippen LogP contribution in [-0.4, -0.2) is 23.1 Å². The predicted octanol–water partition coefficient (Wildman–Crippen LogP) is 3.08. The number of nitrogens with one attached hydrogen (secondary N) is 1. The zero-order chi connectivity index (χ0) is 14.5. The van der Waals surface area contributed by atoms with Crippen LogP contribution in [0.3, 0.4) is 0 Å². The van der Waals surface area contributed by atoms with Crippen molar-refractivity contribution >= 4 is 12.3 Å². The van der Waals surface area contributed by atoms with E-state index in [1.54, 1.807) is 0 Å². The fraction of sp³-hybridized carbons (Fsp3) is 0.429. The summed E-state index contributed by atoms with van der Waals surface area (Å²) < 4.78 is 5.19. The summed E-state index contributed by atoms with van der Waals surface area (Å²) in [5, 5.41) is 14.2. The van der Waals surface area contributed by atoms with Crippen LogP contribution in [0, 0.1) is 0 Å². The summed E-state index contributed by atoms with van der Waals surface area (Å²) in [7, 11) is 0. The summed E-state index contributed by atoms with van der Waals surface area (Å²) in [5.41, 5.74) is 1.15. The molecule has 0 aromatic heterocycles. The maximum absolute atomic E-state index is 11.7. The van der Waals surface area contributed by atoms with Crippen molar-refractivity contribution in [3.63, 3.8) is 0 Å². The highest BCUT2D eigenvalue weighted by atomic mass is 16.6. The molecule has 0 heterocycles. The van der Waals surface area contributed by atoms with Crippen molar-refractivity contribution in [1.82, 2.24) is 5.32 Å². The summed E-state index contributed by atoms with van der Waals surface area (Å²) in [6, 6.07) is 7.17. The van der Waals surface area contributed by atoms with E-state index < -0.39 is 11.7 Å². The van der Waals surface area contributed by atoms with E-state index in [0.717, 1.165) is 11.1 Å². The lowest BCUT2D eigenvalue weighted by molar-refractivity contribution is 0.0508. The molecule has 5 heteroatoms. The fourth-order valence-corrected chi connectivity index (χ4v) is 1.54. The van der Waals surface area contributed by atoms with Crippen LogP contribution in [0.25, 0.3) is 0 Å². The molecule has 1 aromatic rings. The third kappa shape index (κ3) is 5.42. The zero-order valence-corrected chi connectivity index (χ0v) is 11.7. The highest BCUT2D eigenvalue weighted by Crippen LogP contribution is 2.15. The quantitative estimate of drug-likeness (QED) is 0.500. The van der Waals surface area contributed by atoms with Gasteiger partial charge in [-0.25, -0.2) is 4.79 Å². The molecule has 0 aliphatic carbocycles. The van der Waals surface area contributed by atoms with E-state index in [1.807, 2.05) is 52.0 Å². The summed E-state index contributed by atoms with van der Waals surface area (Å²) in [4.78, 5) is 11.7. The van der Waals surface area contributed by atoms with Crippen molar-refractivity contribution in [1.29, 1.82) is 0 Å². The standard InChI is InChI=1S/C14H20N2O3/c1-10(16-13(17)19-14(2,3)4)12-7-5-6-11(8-12)9-15-18/h5-10,18H,1-4H3,(H,16,17)/b15-9+/t10-/m0/s1. The highest BCUT2D eigenvalue weighted by molar-refractivity contribution is 5.79. The Morgan fingerprint density at radius 3 is 2.74 bits per heavy atom. The second-order valence-electron chi connectivity index (χ2n) is 5.28. The molecule has 104 valence electrons. The molecular formula is C14H20N2O3. The van der Waals surface area contributed by atoms with E-state index in [2.05, 4.69) is 10.5 Å². The number of oxime groups is 1. The van der Waals surface area contributed by atoms with Gasteiger partial charge in [0.25, 0.3) is 0 Å².